The molecule has 0 radical (unpaired) electrons. The van der Waals surface area contributed by atoms with E-state index >= 15 is 0 Å². The highest BCUT2D eigenvalue weighted by Crippen LogP contribution is 2.21. The van der Waals surface area contributed by atoms with Crippen LogP contribution in [0.25, 0.3) is 0 Å². The minimum atomic E-state index is -0.386. The number of carbonyl (C=O) groups excluding carboxylic acids is 1. The number of para-hydroxylation sites is 2. The molecular weight excluding hydrogens is 316 g/mol. The Kier molecular flexibility index (Phi) is 4.76. The fourth-order valence-electron chi connectivity index (χ4n) is 2.24. The first-order chi connectivity index (χ1) is 12.1. The summed E-state index contributed by atoms with van der Waals surface area (Å²) in [6.45, 7) is 0. The van der Waals surface area contributed by atoms with E-state index < -0.39 is 0 Å². The molecule has 1 amide bonds. The molecule has 0 bridgehead atoms. The summed E-state index contributed by atoms with van der Waals surface area (Å²) in [5.74, 6) is -0.287. The summed E-state index contributed by atoms with van der Waals surface area (Å²) in [6.07, 6.45) is 1.57. The fraction of sp³-hybridized carbons (Fsp3) is 0. The maximum Gasteiger partial charge on any atom is 0.259 e. The van der Waals surface area contributed by atoms with E-state index in [0.29, 0.717) is 16.9 Å². The van der Waals surface area contributed by atoms with Crippen LogP contribution in [0.1, 0.15) is 15.9 Å². The van der Waals surface area contributed by atoms with Gasteiger partial charge in [-0.3, -0.25) is 9.79 Å². The van der Waals surface area contributed by atoms with Crippen LogP contribution < -0.4 is 5.32 Å². The zero-order valence-corrected chi connectivity index (χ0v) is 13.3. The second kappa shape index (κ2) is 7.31. The van der Waals surface area contributed by atoms with Crippen molar-refractivity contribution in [2.45, 2.75) is 0 Å². The van der Waals surface area contributed by atoms with Crippen LogP contribution in [0.15, 0.2) is 77.8 Å². The van der Waals surface area contributed by atoms with Gasteiger partial charge in [0.05, 0.1) is 11.3 Å². The van der Waals surface area contributed by atoms with Gasteiger partial charge in [0.25, 0.3) is 5.91 Å². The molecule has 124 valence electrons. The van der Waals surface area contributed by atoms with Gasteiger partial charge in [0.2, 0.25) is 0 Å². The lowest BCUT2D eigenvalue weighted by molar-refractivity contribution is 0.102. The third kappa shape index (κ3) is 4.03. The van der Waals surface area contributed by atoms with Gasteiger partial charge in [0, 0.05) is 17.5 Å². The van der Waals surface area contributed by atoms with Crippen molar-refractivity contribution in [1.29, 1.82) is 0 Å². The summed E-state index contributed by atoms with van der Waals surface area (Å²) in [5, 5.41) is 22.1. The van der Waals surface area contributed by atoms with Gasteiger partial charge in [0.15, 0.2) is 0 Å². The molecular formula is C20H16N2O3. The molecule has 25 heavy (non-hydrogen) atoms. The largest absolute Gasteiger partial charge is 0.507 e. The lowest BCUT2D eigenvalue weighted by Gasteiger charge is -2.06. The van der Waals surface area contributed by atoms with E-state index in [1.807, 2.05) is 6.07 Å². The Morgan fingerprint density at radius 3 is 2.16 bits per heavy atom. The number of nitrogens with one attached hydrogen (secondary N) is 1. The maximum atomic E-state index is 12.1. The van der Waals surface area contributed by atoms with E-state index in [-0.39, 0.29) is 23.0 Å². The molecule has 0 aliphatic carbocycles. The number of nitrogens with zero attached hydrogens (tertiary/aromatic N) is 1. The molecule has 0 fully saturated rings. The van der Waals surface area contributed by atoms with Crippen molar-refractivity contribution in [3.05, 3.63) is 83.9 Å². The zero-order valence-electron chi connectivity index (χ0n) is 13.3. The molecule has 0 spiro atoms. The zero-order chi connectivity index (χ0) is 17.6. The van der Waals surface area contributed by atoms with Crippen molar-refractivity contribution in [2.24, 2.45) is 4.99 Å². The molecule has 3 aromatic rings. The molecule has 0 atom stereocenters. The van der Waals surface area contributed by atoms with E-state index in [1.165, 1.54) is 6.07 Å². The number of aromatic hydroxyl groups is 2. The van der Waals surface area contributed by atoms with Crippen LogP contribution >= 0.6 is 0 Å². The molecule has 0 aliphatic heterocycles. The fourth-order valence-corrected chi connectivity index (χ4v) is 2.24. The van der Waals surface area contributed by atoms with E-state index in [4.69, 9.17) is 0 Å². The Bertz CT molecular complexity index is 918. The van der Waals surface area contributed by atoms with E-state index in [2.05, 4.69) is 10.3 Å². The Morgan fingerprint density at radius 1 is 0.840 bits per heavy atom. The van der Waals surface area contributed by atoms with Gasteiger partial charge in [0.1, 0.15) is 11.5 Å². The van der Waals surface area contributed by atoms with Gasteiger partial charge in [-0.2, -0.15) is 0 Å². The van der Waals surface area contributed by atoms with Crippen molar-refractivity contribution < 1.29 is 15.0 Å². The summed E-state index contributed by atoms with van der Waals surface area (Å²) in [7, 11) is 0. The maximum absolute atomic E-state index is 12.1. The normalized spacial score (nSPS) is 10.7. The van der Waals surface area contributed by atoms with E-state index in [9.17, 15) is 15.0 Å². The number of hydrogen-bond acceptors (Lipinski definition) is 4. The van der Waals surface area contributed by atoms with E-state index in [1.54, 1.807) is 66.9 Å². The van der Waals surface area contributed by atoms with Crippen molar-refractivity contribution in [3.63, 3.8) is 0 Å². The predicted octanol–water partition coefficient (Wildman–Crippen LogP) is 4.10. The van der Waals surface area contributed by atoms with Gasteiger partial charge in [-0.25, -0.2) is 0 Å². The number of amides is 1. The second-order valence-corrected chi connectivity index (χ2v) is 5.34. The average molecular weight is 332 g/mol. The topological polar surface area (TPSA) is 81.9 Å². The monoisotopic (exact) mass is 332 g/mol. The average Bonchev–Trinajstić information content (AvgIpc) is 2.62. The molecule has 0 unspecified atom stereocenters. The smallest absolute Gasteiger partial charge is 0.259 e. The second-order valence-electron chi connectivity index (χ2n) is 5.34. The predicted molar refractivity (Wildman–Crippen MR) is 97.9 cm³/mol. The van der Waals surface area contributed by atoms with Crippen LogP contribution in [0.3, 0.4) is 0 Å². The summed E-state index contributed by atoms with van der Waals surface area (Å²) >= 11 is 0. The minimum absolute atomic E-state index is 0.0658. The lowest BCUT2D eigenvalue weighted by Crippen LogP contribution is -2.11. The molecule has 0 heterocycles. The van der Waals surface area contributed by atoms with Gasteiger partial charge < -0.3 is 15.5 Å². The number of rotatable bonds is 4. The minimum Gasteiger partial charge on any atom is -0.507 e. The molecule has 5 nitrogen and oxygen atoms in total. The summed E-state index contributed by atoms with van der Waals surface area (Å²) in [5.41, 5.74) is 2.11. The molecule has 0 saturated carbocycles. The standard InChI is InChI=1S/C20H16N2O3/c23-18-7-3-1-5-14(18)13-21-15-9-11-16(12-10-15)22-20(25)17-6-2-4-8-19(17)24/h1-13,23-24H,(H,22,25). The summed E-state index contributed by atoms with van der Waals surface area (Å²) in [6, 6.07) is 20.2. The highest BCUT2D eigenvalue weighted by molar-refractivity contribution is 6.06. The Morgan fingerprint density at radius 2 is 1.48 bits per heavy atom. The number of phenols is 2. The van der Waals surface area contributed by atoms with Crippen molar-refractivity contribution in [3.8, 4) is 11.5 Å². The summed E-state index contributed by atoms with van der Waals surface area (Å²) in [4.78, 5) is 16.4. The first-order valence-corrected chi connectivity index (χ1v) is 7.65. The van der Waals surface area contributed by atoms with Crippen LogP contribution in [-0.4, -0.2) is 22.3 Å². The van der Waals surface area contributed by atoms with Crippen LogP contribution in [0.4, 0.5) is 11.4 Å². The van der Waals surface area contributed by atoms with Crippen LogP contribution in [0.2, 0.25) is 0 Å². The van der Waals surface area contributed by atoms with Crippen molar-refractivity contribution in [1.82, 2.24) is 0 Å². The molecule has 3 rings (SSSR count). The van der Waals surface area contributed by atoms with Crippen molar-refractivity contribution in [2.75, 3.05) is 5.32 Å². The highest BCUT2D eigenvalue weighted by atomic mass is 16.3. The van der Waals surface area contributed by atoms with Crippen LogP contribution in [0, 0.1) is 0 Å². The lowest BCUT2D eigenvalue weighted by atomic mass is 10.2. The number of benzene rings is 3. The molecule has 0 aliphatic rings. The first kappa shape index (κ1) is 16.3. The van der Waals surface area contributed by atoms with Crippen LogP contribution in [0.5, 0.6) is 11.5 Å². The Balaban J connectivity index is 1.69. The molecule has 0 aromatic heterocycles. The number of hydrogen-bond donors (Lipinski definition) is 3. The van der Waals surface area contributed by atoms with Crippen molar-refractivity contribution >= 4 is 23.5 Å². The third-order valence-electron chi connectivity index (χ3n) is 3.56. The number of phenolic OH excluding ortho intramolecular Hbond substituents is 2. The molecule has 3 N–H and O–H groups in total. The van der Waals surface area contributed by atoms with Gasteiger partial charge in [-0.15, -0.1) is 0 Å². The SMILES string of the molecule is O=C(Nc1ccc(N=Cc2ccccc2O)cc1)c1ccccc1O. The number of aliphatic imine (C=N–C) groups is 1. The molecule has 3 aromatic carbocycles. The number of anilines is 1. The first-order valence-electron chi connectivity index (χ1n) is 7.65. The molecule has 5 heteroatoms. The van der Waals surface area contributed by atoms with Gasteiger partial charge in [-0.05, 0) is 48.5 Å². The van der Waals surface area contributed by atoms with Gasteiger partial charge >= 0.3 is 0 Å². The summed E-state index contributed by atoms with van der Waals surface area (Å²) < 4.78 is 0. The van der Waals surface area contributed by atoms with Crippen LogP contribution in [-0.2, 0) is 0 Å². The quantitative estimate of drug-likeness (QED) is 0.629. The highest BCUT2D eigenvalue weighted by Gasteiger charge is 2.10. The third-order valence-corrected chi connectivity index (χ3v) is 3.56. The number of carbonyl (C=O) groups is 1. The molecule has 0 saturated heterocycles. The van der Waals surface area contributed by atoms with E-state index in [0.717, 1.165) is 0 Å². The Labute approximate surface area is 144 Å². The Hall–Kier alpha value is -3.60. The van der Waals surface area contributed by atoms with Gasteiger partial charge in [-0.1, -0.05) is 24.3 Å².